The summed E-state index contributed by atoms with van der Waals surface area (Å²) in [6.07, 6.45) is 7.62. The quantitative estimate of drug-likeness (QED) is 0.295. The number of aromatic nitrogens is 2. The van der Waals surface area contributed by atoms with Crippen LogP contribution >= 0.6 is 0 Å². The van der Waals surface area contributed by atoms with Crippen LogP contribution in [0.15, 0.2) is 23.5 Å². The Labute approximate surface area is 155 Å². The molecule has 9 nitrogen and oxygen atoms in total. The molecule has 1 saturated heterocycles. The monoisotopic (exact) mass is 386 g/mol. The summed E-state index contributed by atoms with van der Waals surface area (Å²) in [5.74, 6) is 0.588. The summed E-state index contributed by atoms with van der Waals surface area (Å²) >= 11 is 0. The van der Waals surface area contributed by atoms with Gasteiger partial charge in [-0.15, -0.1) is 0 Å². The zero-order chi connectivity index (χ0) is 18.7. The van der Waals surface area contributed by atoms with E-state index < -0.39 is 10.0 Å². The van der Waals surface area contributed by atoms with Gasteiger partial charge in [-0.25, -0.2) is 13.1 Å². The van der Waals surface area contributed by atoms with E-state index in [-0.39, 0.29) is 11.9 Å². The van der Waals surface area contributed by atoms with Crippen molar-refractivity contribution in [3.63, 3.8) is 0 Å². The van der Waals surface area contributed by atoms with Gasteiger partial charge in [0.25, 0.3) is 0 Å². The highest BCUT2D eigenvalue weighted by atomic mass is 32.2. The summed E-state index contributed by atoms with van der Waals surface area (Å²) in [6.45, 7) is 2.90. The van der Waals surface area contributed by atoms with Crippen LogP contribution in [0.1, 0.15) is 25.7 Å². The summed E-state index contributed by atoms with van der Waals surface area (Å²) < 4.78 is 34.1. The average Bonchev–Trinajstić information content (AvgIpc) is 3.16. The number of aryl methyl sites for hydroxylation is 1. The van der Waals surface area contributed by atoms with Crippen molar-refractivity contribution in [2.45, 2.75) is 38.3 Å². The molecule has 0 aliphatic carbocycles. The molecule has 1 aliphatic rings. The molecule has 3 N–H and O–H groups in total. The Morgan fingerprint density at radius 2 is 2.19 bits per heavy atom. The highest BCUT2D eigenvalue weighted by Gasteiger charge is 2.17. The van der Waals surface area contributed by atoms with Crippen LogP contribution in [0.4, 0.5) is 0 Å². The van der Waals surface area contributed by atoms with Gasteiger partial charge in [0.15, 0.2) is 5.96 Å². The number of hydrogen-bond acceptors (Lipinski definition) is 5. The fraction of sp³-hybridized carbons (Fsp3) is 0.750. The molecule has 1 aliphatic heterocycles. The van der Waals surface area contributed by atoms with Gasteiger partial charge in [-0.2, -0.15) is 5.10 Å². The van der Waals surface area contributed by atoms with Gasteiger partial charge in [-0.3, -0.25) is 9.67 Å². The average molecular weight is 387 g/mol. The molecule has 1 aromatic rings. The zero-order valence-electron chi connectivity index (χ0n) is 15.4. The number of guanidine groups is 1. The molecule has 0 aromatic carbocycles. The number of aliphatic imine (C=N–C) groups is 1. The van der Waals surface area contributed by atoms with E-state index in [2.05, 4.69) is 25.4 Å². The molecular weight excluding hydrogens is 356 g/mol. The largest absolute Gasteiger partial charge is 0.377 e. The molecule has 1 unspecified atom stereocenters. The second-order valence-electron chi connectivity index (χ2n) is 6.20. The van der Waals surface area contributed by atoms with Crippen molar-refractivity contribution in [3.05, 3.63) is 18.5 Å². The molecule has 2 heterocycles. The molecule has 26 heavy (non-hydrogen) atoms. The van der Waals surface area contributed by atoms with Gasteiger partial charge in [0.05, 0.1) is 11.9 Å². The number of hydrogen-bond donors (Lipinski definition) is 3. The van der Waals surface area contributed by atoms with Gasteiger partial charge in [0, 0.05) is 52.2 Å². The Morgan fingerprint density at radius 3 is 2.88 bits per heavy atom. The second-order valence-corrected chi connectivity index (χ2v) is 8.13. The van der Waals surface area contributed by atoms with Crippen molar-refractivity contribution >= 4 is 16.0 Å². The minimum absolute atomic E-state index is 0.00398. The molecule has 10 heteroatoms. The Balaban J connectivity index is 1.58. The van der Waals surface area contributed by atoms with E-state index in [9.17, 15) is 8.42 Å². The summed E-state index contributed by atoms with van der Waals surface area (Å²) in [5.41, 5.74) is 0. The van der Waals surface area contributed by atoms with E-state index in [0.717, 1.165) is 45.4 Å². The molecule has 148 valence electrons. The van der Waals surface area contributed by atoms with Crippen molar-refractivity contribution in [2.75, 3.05) is 39.0 Å². The lowest BCUT2D eigenvalue weighted by atomic mass is 10.1. The van der Waals surface area contributed by atoms with Gasteiger partial charge in [-0.05, 0) is 31.7 Å². The fourth-order valence-corrected chi connectivity index (χ4v) is 3.62. The molecular formula is C16H30N6O3S. The maximum Gasteiger partial charge on any atom is 0.213 e. The Kier molecular flexibility index (Phi) is 8.86. The zero-order valence-corrected chi connectivity index (χ0v) is 16.2. The van der Waals surface area contributed by atoms with Crippen LogP contribution in [0.25, 0.3) is 0 Å². The molecule has 1 aromatic heterocycles. The minimum atomic E-state index is -3.33. The first-order valence-corrected chi connectivity index (χ1v) is 10.8. The number of nitrogens with zero attached hydrogens (tertiary/aromatic N) is 3. The predicted octanol–water partition coefficient (Wildman–Crippen LogP) is -0.0733. The number of rotatable bonds is 10. The van der Waals surface area contributed by atoms with Crippen molar-refractivity contribution < 1.29 is 13.2 Å². The minimum Gasteiger partial charge on any atom is -0.377 e. The lowest BCUT2D eigenvalue weighted by Gasteiger charge is -2.22. The third kappa shape index (κ3) is 8.15. The van der Waals surface area contributed by atoms with E-state index in [4.69, 9.17) is 4.74 Å². The molecule has 1 fully saturated rings. The molecule has 0 saturated carbocycles. The maximum atomic E-state index is 12.1. The van der Waals surface area contributed by atoms with Gasteiger partial charge in [0.2, 0.25) is 10.0 Å². The highest BCUT2D eigenvalue weighted by molar-refractivity contribution is 7.89. The van der Waals surface area contributed by atoms with Crippen molar-refractivity contribution in [1.29, 1.82) is 0 Å². The van der Waals surface area contributed by atoms with Crippen molar-refractivity contribution in [3.8, 4) is 0 Å². The number of nitrogens with one attached hydrogen (secondary N) is 3. The topological polar surface area (TPSA) is 110 Å². The second kappa shape index (κ2) is 11.1. The number of sulfonamides is 1. The van der Waals surface area contributed by atoms with Crippen LogP contribution in [0.5, 0.6) is 0 Å². The normalized spacial score (nSPS) is 18.7. The van der Waals surface area contributed by atoms with Crippen LogP contribution in [0.3, 0.4) is 0 Å². The summed E-state index contributed by atoms with van der Waals surface area (Å²) in [4.78, 5) is 4.10. The first kappa shape index (κ1) is 20.7. The third-order valence-corrected chi connectivity index (χ3v) is 5.46. The lowest BCUT2D eigenvalue weighted by molar-refractivity contribution is 0.0200. The molecule has 0 radical (unpaired) electrons. The smallest absolute Gasteiger partial charge is 0.213 e. The van der Waals surface area contributed by atoms with E-state index in [1.807, 2.05) is 16.9 Å². The SMILES string of the molecule is CN=C(NCCCn1cccn1)NCCS(=O)(=O)NCC1CCCCO1. The molecule has 0 bridgehead atoms. The van der Waals surface area contributed by atoms with Crippen LogP contribution in [-0.4, -0.2) is 69.3 Å². The van der Waals surface area contributed by atoms with Crippen molar-refractivity contribution in [1.82, 2.24) is 25.1 Å². The Morgan fingerprint density at radius 1 is 1.35 bits per heavy atom. The summed E-state index contributed by atoms with van der Waals surface area (Å²) in [7, 11) is -1.66. The van der Waals surface area contributed by atoms with Crippen molar-refractivity contribution in [2.24, 2.45) is 4.99 Å². The van der Waals surface area contributed by atoms with Crippen LogP contribution in [0.2, 0.25) is 0 Å². The van der Waals surface area contributed by atoms with Gasteiger partial charge >= 0.3 is 0 Å². The van der Waals surface area contributed by atoms with E-state index in [1.165, 1.54) is 0 Å². The van der Waals surface area contributed by atoms with Crippen LogP contribution < -0.4 is 15.4 Å². The first-order chi connectivity index (χ1) is 12.6. The number of ether oxygens (including phenoxy) is 1. The Bertz CT molecular complexity index is 626. The summed E-state index contributed by atoms with van der Waals surface area (Å²) in [6, 6.07) is 1.89. The first-order valence-electron chi connectivity index (χ1n) is 9.10. The third-order valence-electron chi connectivity index (χ3n) is 4.11. The maximum absolute atomic E-state index is 12.1. The van der Waals surface area contributed by atoms with E-state index in [0.29, 0.717) is 19.0 Å². The molecule has 0 spiro atoms. The Hall–Kier alpha value is -1.65. The van der Waals surface area contributed by atoms with Crippen LogP contribution in [-0.2, 0) is 21.3 Å². The highest BCUT2D eigenvalue weighted by Crippen LogP contribution is 2.11. The van der Waals surface area contributed by atoms with Gasteiger partial charge < -0.3 is 15.4 Å². The molecule has 1 atom stereocenters. The summed E-state index contributed by atoms with van der Waals surface area (Å²) in [5, 5.41) is 10.3. The van der Waals surface area contributed by atoms with Gasteiger partial charge in [0.1, 0.15) is 0 Å². The fourth-order valence-electron chi connectivity index (χ4n) is 2.67. The lowest BCUT2D eigenvalue weighted by Crippen LogP contribution is -2.42. The van der Waals surface area contributed by atoms with E-state index in [1.54, 1.807) is 13.2 Å². The standard InChI is InChI=1S/C16H30N6O3S/c1-17-16(18-7-4-10-22-11-5-8-20-22)19-9-13-26(23,24)21-14-15-6-2-3-12-25-15/h5,8,11,15,21H,2-4,6-7,9-10,12-14H2,1H3,(H2,17,18,19). The molecule has 0 amide bonds. The van der Waals surface area contributed by atoms with Crippen LogP contribution in [0, 0.1) is 0 Å². The van der Waals surface area contributed by atoms with Gasteiger partial charge in [-0.1, -0.05) is 0 Å². The van der Waals surface area contributed by atoms with E-state index >= 15 is 0 Å². The molecule has 2 rings (SSSR count). The predicted molar refractivity (Wildman–Crippen MR) is 102 cm³/mol.